The molecule has 6 nitrogen and oxygen atoms in total. The van der Waals surface area contributed by atoms with Crippen molar-refractivity contribution < 1.29 is 19.1 Å². The highest BCUT2D eigenvalue weighted by Gasteiger charge is 2.29. The molecule has 1 fully saturated rings. The van der Waals surface area contributed by atoms with Crippen molar-refractivity contribution in [1.29, 1.82) is 0 Å². The van der Waals surface area contributed by atoms with Crippen molar-refractivity contribution in [2.24, 2.45) is 5.92 Å². The molecule has 160 valence electrons. The van der Waals surface area contributed by atoms with E-state index in [2.05, 4.69) is 5.32 Å². The molecule has 1 atom stereocenters. The lowest BCUT2D eigenvalue weighted by Crippen LogP contribution is -2.33. The molecule has 2 amide bonds. The van der Waals surface area contributed by atoms with Crippen LogP contribution in [0.1, 0.15) is 44.9 Å². The number of nitrogens with zero attached hydrogens (tertiary/aromatic N) is 1. The van der Waals surface area contributed by atoms with Crippen molar-refractivity contribution in [3.63, 3.8) is 0 Å². The number of fused-ring (bicyclic) bond motifs is 1. The van der Waals surface area contributed by atoms with E-state index in [1.807, 2.05) is 29.2 Å². The fraction of sp³-hybridized carbons (Fsp3) is 0.478. The molecule has 0 unspecified atom stereocenters. The van der Waals surface area contributed by atoms with Gasteiger partial charge in [0.25, 0.3) is 5.91 Å². The smallest absolute Gasteiger partial charge is 0.263 e. The number of likely N-dealkylation sites (tertiary alicyclic amines) is 1. The second-order valence-corrected chi connectivity index (χ2v) is 9.04. The summed E-state index contributed by atoms with van der Waals surface area (Å²) < 4.78 is 10.6. The van der Waals surface area contributed by atoms with Crippen LogP contribution in [0.15, 0.2) is 24.3 Å². The first kappa shape index (κ1) is 20.7. The fourth-order valence-corrected chi connectivity index (χ4v) is 5.43. The van der Waals surface area contributed by atoms with Crippen molar-refractivity contribution in [2.75, 3.05) is 27.3 Å². The van der Waals surface area contributed by atoms with Gasteiger partial charge in [-0.2, -0.15) is 0 Å². The number of carbonyl (C=O) groups excluding carboxylic acids is 2. The second kappa shape index (κ2) is 9.08. The SMILES string of the molecule is COc1ccc(CNC(=O)[C@H]2CCc3sc(C(=O)N4CCCC4)cc3C2)cc1OC. The van der Waals surface area contributed by atoms with Gasteiger partial charge in [0, 0.05) is 30.4 Å². The molecule has 2 aromatic rings. The van der Waals surface area contributed by atoms with Crippen LogP contribution in [0.2, 0.25) is 0 Å². The van der Waals surface area contributed by atoms with Gasteiger partial charge in [0.1, 0.15) is 0 Å². The number of aryl methyl sites for hydroxylation is 1. The summed E-state index contributed by atoms with van der Waals surface area (Å²) in [5.74, 6) is 1.49. The molecule has 7 heteroatoms. The van der Waals surface area contributed by atoms with Crippen molar-refractivity contribution in [2.45, 2.75) is 38.6 Å². The average Bonchev–Trinajstić information content (AvgIpc) is 3.46. The predicted octanol–water partition coefficient (Wildman–Crippen LogP) is 3.42. The summed E-state index contributed by atoms with van der Waals surface area (Å²) in [6, 6.07) is 7.68. The van der Waals surface area contributed by atoms with E-state index in [0.29, 0.717) is 24.5 Å². The van der Waals surface area contributed by atoms with Crippen LogP contribution in [-0.2, 0) is 24.2 Å². The number of benzene rings is 1. The topological polar surface area (TPSA) is 67.9 Å². The van der Waals surface area contributed by atoms with E-state index < -0.39 is 0 Å². The zero-order chi connectivity index (χ0) is 21.1. The van der Waals surface area contributed by atoms with Crippen LogP contribution in [0.25, 0.3) is 0 Å². The normalized spacial score (nSPS) is 18.1. The van der Waals surface area contributed by atoms with Gasteiger partial charge in [-0.05, 0) is 61.4 Å². The molecule has 1 aromatic carbocycles. The molecule has 1 N–H and O–H groups in total. The van der Waals surface area contributed by atoms with Crippen LogP contribution in [0.3, 0.4) is 0 Å². The highest BCUT2D eigenvalue weighted by Crippen LogP contribution is 2.34. The number of hydrogen-bond donors (Lipinski definition) is 1. The zero-order valence-electron chi connectivity index (χ0n) is 17.5. The summed E-state index contributed by atoms with van der Waals surface area (Å²) >= 11 is 1.61. The summed E-state index contributed by atoms with van der Waals surface area (Å²) in [6.07, 6.45) is 4.58. The molecule has 4 rings (SSSR count). The Labute approximate surface area is 181 Å². The van der Waals surface area contributed by atoms with E-state index in [9.17, 15) is 9.59 Å². The summed E-state index contributed by atoms with van der Waals surface area (Å²) in [7, 11) is 3.20. The molecule has 1 aliphatic carbocycles. The molecule has 2 heterocycles. The third-order valence-corrected chi connectivity index (χ3v) is 7.20. The Morgan fingerprint density at radius 1 is 1.13 bits per heavy atom. The monoisotopic (exact) mass is 428 g/mol. The Bertz CT molecular complexity index is 933. The van der Waals surface area contributed by atoms with Gasteiger partial charge in [-0.3, -0.25) is 9.59 Å². The average molecular weight is 429 g/mol. The predicted molar refractivity (Wildman–Crippen MR) is 116 cm³/mol. The Morgan fingerprint density at radius 3 is 2.63 bits per heavy atom. The van der Waals surface area contributed by atoms with E-state index in [0.717, 1.165) is 49.2 Å². The summed E-state index contributed by atoms with van der Waals surface area (Å²) in [5, 5.41) is 3.06. The van der Waals surface area contributed by atoms with Gasteiger partial charge in [-0.25, -0.2) is 0 Å². The van der Waals surface area contributed by atoms with Gasteiger partial charge in [0.2, 0.25) is 5.91 Å². The largest absolute Gasteiger partial charge is 0.493 e. The summed E-state index contributed by atoms with van der Waals surface area (Å²) in [6.45, 7) is 2.18. The minimum atomic E-state index is -0.0537. The zero-order valence-corrected chi connectivity index (χ0v) is 18.3. The minimum Gasteiger partial charge on any atom is -0.493 e. The van der Waals surface area contributed by atoms with Crippen LogP contribution >= 0.6 is 11.3 Å². The van der Waals surface area contributed by atoms with E-state index in [1.165, 1.54) is 10.4 Å². The number of carbonyl (C=O) groups is 2. The fourth-order valence-electron chi connectivity index (χ4n) is 4.25. The number of hydrogen-bond acceptors (Lipinski definition) is 5. The Morgan fingerprint density at radius 2 is 1.90 bits per heavy atom. The molecule has 1 saturated heterocycles. The maximum atomic E-state index is 12.8. The van der Waals surface area contributed by atoms with Gasteiger partial charge in [-0.15, -0.1) is 11.3 Å². The first-order valence-corrected chi connectivity index (χ1v) is 11.3. The Balaban J connectivity index is 1.36. The molecule has 30 heavy (non-hydrogen) atoms. The highest BCUT2D eigenvalue weighted by atomic mass is 32.1. The lowest BCUT2D eigenvalue weighted by atomic mass is 9.87. The first-order valence-electron chi connectivity index (χ1n) is 10.5. The van der Waals surface area contributed by atoms with Gasteiger partial charge in [-0.1, -0.05) is 6.07 Å². The first-order chi connectivity index (χ1) is 14.6. The Hall–Kier alpha value is -2.54. The highest BCUT2D eigenvalue weighted by molar-refractivity contribution is 7.14. The summed E-state index contributed by atoms with van der Waals surface area (Å²) in [5.41, 5.74) is 2.13. The van der Waals surface area contributed by atoms with E-state index >= 15 is 0 Å². The summed E-state index contributed by atoms with van der Waals surface area (Å²) in [4.78, 5) is 29.5. The number of nitrogens with one attached hydrogen (secondary N) is 1. The van der Waals surface area contributed by atoms with Crippen molar-refractivity contribution >= 4 is 23.2 Å². The quantitative estimate of drug-likeness (QED) is 0.766. The Kier molecular flexibility index (Phi) is 6.27. The molecule has 0 radical (unpaired) electrons. The van der Waals surface area contributed by atoms with Crippen LogP contribution < -0.4 is 14.8 Å². The van der Waals surface area contributed by atoms with Crippen LogP contribution in [-0.4, -0.2) is 44.0 Å². The molecule has 2 aliphatic rings. The molecular formula is C23H28N2O4S. The minimum absolute atomic E-state index is 0.0537. The molecular weight excluding hydrogens is 400 g/mol. The number of thiophene rings is 1. The maximum absolute atomic E-state index is 12.8. The number of methoxy groups -OCH3 is 2. The maximum Gasteiger partial charge on any atom is 0.263 e. The number of rotatable bonds is 6. The van der Waals surface area contributed by atoms with E-state index in [4.69, 9.17) is 9.47 Å². The number of ether oxygens (including phenoxy) is 2. The van der Waals surface area contributed by atoms with Crippen LogP contribution in [0, 0.1) is 5.92 Å². The van der Waals surface area contributed by atoms with Crippen molar-refractivity contribution in [1.82, 2.24) is 10.2 Å². The molecule has 0 saturated carbocycles. The molecule has 0 spiro atoms. The van der Waals surface area contributed by atoms with Crippen molar-refractivity contribution in [3.8, 4) is 11.5 Å². The third-order valence-electron chi connectivity index (χ3n) is 5.97. The number of amides is 2. The molecule has 1 aromatic heterocycles. The lowest BCUT2D eigenvalue weighted by Gasteiger charge is -2.21. The van der Waals surface area contributed by atoms with E-state index in [-0.39, 0.29) is 17.7 Å². The van der Waals surface area contributed by atoms with Gasteiger partial charge in [0.15, 0.2) is 11.5 Å². The van der Waals surface area contributed by atoms with Crippen LogP contribution in [0.5, 0.6) is 11.5 Å². The molecule has 1 aliphatic heterocycles. The van der Waals surface area contributed by atoms with Crippen LogP contribution in [0.4, 0.5) is 0 Å². The van der Waals surface area contributed by atoms with Gasteiger partial charge >= 0.3 is 0 Å². The standard InChI is InChI=1S/C23H28N2O4S/c1-28-18-7-5-15(11-19(18)29-2)14-24-22(26)16-6-8-20-17(12-16)13-21(30-20)23(27)25-9-3-4-10-25/h5,7,11,13,16H,3-4,6,8-10,12,14H2,1-2H3,(H,24,26)/t16-/m0/s1. The third kappa shape index (κ3) is 4.31. The van der Waals surface area contributed by atoms with Gasteiger partial charge in [0.05, 0.1) is 19.1 Å². The van der Waals surface area contributed by atoms with E-state index in [1.54, 1.807) is 25.6 Å². The lowest BCUT2D eigenvalue weighted by molar-refractivity contribution is -0.125. The van der Waals surface area contributed by atoms with Gasteiger partial charge < -0.3 is 19.7 Å². The van der Waals surface area contributed by atoms with Crippen molar-refractivity contribution in [3.05, 3.63) is 45.1 Å². The second-order valence-electron chi connectivity index (χ2n) is 7.91. The molecule has 0 bridgehead atoms.